The first-order valence-corrected chi connectivity index (χ1v) is 9.42. The normalized spacial score (nSPS) is 10.9. The summed E-state index contributed by atoms with van der Waals surface area (Å²) >= 11 is 1.45. The zero-order valence-electron chi connectivity index (χ0n) is 15.3. The van der Waals surface area contributed by atoms with E-state index in [1.807, 2.05) is 49.4 Å². The van der Waals surface area contributed by atoms with Crippen LogP contribution in [0.3, 0.4) is 0 Å². The van der Waals surface area contributed by atoms with Crippen LogP contribution in [0, 0.1) is 6.92 Å². The van der Waals surface area contributed by atoms with E-state index in [4.69, 9.17) is 4.74 Å². The van der Waals surface area contributed by atoms with Gasteiger partial charge >= 0.3 is 5.97 Å². The first-order chi connectivity index (χ1) is 13.6. The molecule has 140 valence electrons. The molecule has 0 saturated carbocycles. The predicted molar refractivity (Wildman–Crippen MR) is 109 cm³/mol. The van der Waals surface area contributed by atoms with Crippen molar-refractivity contribution in [3.8, 4) is 11.3 Å². The molecule has 4 aromatic rings. The summed E-state index contributed by atoms with van der Waals surface area (Å²) in [5.74, 6) is -0.389. The van der Waals surface area contributed by atoms with Crippen molar-refractivity contribution < 1.29 is 9.53 Å². The van der Waals surface area contributed by atoms with E-state index in [0.29, 0.717) is 16.8 Å². The number of carbonyl (C=O) groups excluding carboxylic acids is 1. The molecule has 0 saturated heterocycles. The van der Waals surface area contributed by atoms with Crippen molar-refractivity contribution in [3.05, 3.63) is 76.2 Å². The van der Waals surface area contributed by atoms with E-state index in [9.17, 15) is 9.59 Å². The monoisotopic (exact) mass is 391 g/mol. The first-order valence-electron chi connectivity index (χ1n) is 8.61. The second-order valence-electron chi connectivity index (χ2n) is 6.19. The molecule has 2 aromatic heterocycles. The number of nitrogens with one attached hydrogen (secondary N) is 2. The molecular weight excluding hydrogens is 374 g/mol. The summed E-state index contributed by atoms with van der Waals surface area (Å²) in [5.41, 5.74) is 2.86. The number of pyridine rings is 1. The third-order valence-corrected chi connectivity index (χ3v) is 5.55. The molecule has 0 aliphatic carbocycles. The van der Waals surface area contributed by atoms with Gasteiger partial charge in [-0.2, -0.15) is 0 Å². The van der Waals surface area contributed by atoms with Gasteiger partial charge in [-0.1, -0.05) is 42.1 Å². The molecule has 0 spiro atoms. The van der Waals surface area contributed by atoms with Crippen LogP contribution in [0.15, 0.2) is 69.2 Å². The number of hydrogen-bond donors (Lipinski definition) is 2. The Morgan fingerprint density at radius 3 is 2.54 bits per heavy atom. The minimum atomic E-state index is -0.389. The Hall–Kier alpha value is -3.32. The molecule has 2 N–H and O–H groups in total. The average Bonchev–Trinajstić information content (AvgIpc) is 3.06. The number of aryl methyl sites for hydroxylation is 1. The van der Waals surface area contributed by atoms with Gasteiger partial charge in [0, 0.05) is 20.9 Å². The maximum absolute atomic E-state index is 12.2. The molecule has 0 aliphatic rings. The molecule has 0 amide bonds. The number of nitrogens with zero attached hydrogens (tertiary/aromatic N) is 1. The maximum Gasteiger partial charge on any atom is 0.339 e. The van der Waals surface area contributed by atoms with Gasteiger partial charge in [0.05, 0.1) is 29.4 Å². The molecule has 7 heteroatoms. The van der Waals surface area contributed by atoms with Crippen molar-refractivity contribution in [2.24, 2.45) is 0 Å². The lowest BCUT2D eigenvalue weighted by Crippen LogP contribution is -2.04. The standard InChI is InChI=1S/C21H17N3O3S/c1-12-19(20(25)24-23-12)16-11-18(13-7-3-5-9-15(13)22-16)28-17-10-6-4-8-14(17)21(26)27-2/h3-11H,1-2H3,(H2,23,24,25). The van der Waals surface area contributed by atoms with Crippen LogP contribution in [0.1, 0.15) is 16.1 Å². The summed E-state index contributed by atoms with van der Waals surface area (Å²) in [4.78, 5) is 30.7. The van der Waals surface area contributed by atoms with Crippen LogP contribution in [0.25, 0.3) is 22.2 Å². The number of benzene rings is 2. The lowest BCUT2D eigenvalue weighted by atomic mass is 10.1. The number of aromatic nitrogens is 3. The van der Waals surface area contributed by atoms with Crippen LogP contribution in [-0.4, -0.2) is 28.3 Å². The van der Waals surface area contributed by atoms with Gasteiger partial charge in [0.1, 0.15) is 0 Å². The maximum atomic E-state index is 12.2. The van der Waals surface area contributed by atoms with E-state index in [1.165, 1.54) is 18.9 Å². The Kier molecular flexibility index (Phi) is 4.75. The number of aromatic amines is 2. The summed E-state index contributed by atoms with van der Waals surface area (Å²) in [6.07, 6.45) is 0. The van der Waals surface area contributed by atoms with Gasteiger partial charge in [-0.3, -0.25) is 9.89 Å². The molecule has 28 heavy (non-hydrogen) atoms. The summed E-state index contributed by atoms with van der Waals surface area (Å²) in [6, 6.07) is 16.9. The molecule has 0 aliphatic heterocycles. The van der Waals surface area contributed by atoms with Gasteiger partial charge in [0.2, 0.25) is 0 Å². The Labute approximate surface area is 164 Å². The fraction of sp³-hybridized carbons (Fsp3) is 0.0952. The molecule has 4 rings (SSSR count). The quantitative estimate of drug-likeness (QED) is 0.510. The molecule has 0 fully saturated rings. The van der Waals surface area contributed by atoms with E-state index >= 15 is 0 Å². The summed E-state index contributed by atoms with van der Waals surface area (Å²) in [6.45, 7) is 1.82. The second-order valence-corrected chi connectivity index (χ2v) is 7.28. The molecule has 0 atom stereocenters. The molecule has 2 aromatic carbocycles. The van der Waals surface area contributed by atoms with Crippen LogP contribution in [-0.2, 0) is 4.74 Å². The van der Waals surface area contributed by atoms with Gasteiger partial charge < -0.3 is 9.84 Å². The van der Waals surface area contributed by atoms with Crippen LogP contribution < -0.4 is 5.56 Å². The fourth-order valence-corrected chi connectivity index (χ4v) is 4.16. The van der Waals surface area contributed by atoms with Crippen LogP contribution in [0.2, 0.25) is 0 Å². The number of rotatable bonds is 4. The van der Waals surface area contributed by atoms with Gasteiger partial charge in [-0.05, 0) is 31.2 Å². The zero-order chi connectivity index (χ0) is 19.7. The number of ether oxygens (including phenoxy) is 1. The van der Waals surface area contributed by atoms with Crippen molar-refractivity contribution in [2.45, 2.75) is 16.7 Å². The highest BCUT2D eigenvalue weighted by Crippen LogP contribution is 2.37. The number of carbonyl (C=O) groups is 1. The highest BCUT2D eigenvalue weighted by molar-refractivity contribution is 7.99. The molecule has 6 nitrogen and oxygen atoms in total. The Bertz CT molecular complexity index is 1240. The molecule has 0 unspecified atom stereocenters. The minimum Gasteiger partial charge on any atom is -0.465 e. The van der Waals surface area contributed by atoms with E-state index in [-0.39, 0.29) is 11.5 Å². The topological polar surface area (TPSA) is 87.8 Å². The summed E-state index contributed by atoms with van der Waals surface area (Å²) in [5, 5.41) is 6.38. The third-order valence-electron chi connectivity index (χ3n) is 4.41. The SMILES string of the molecule is COC(=O)c1ccccc1Sc1cc(-c2c(C)[nH][nH]c2=O)nc2ccccc12. The zero-order valence-corrected chi connectivity index (χ0v) is 16.1. The number of methoxy groups -OCH3 is 1. The van der Waals surface area contributed by atoms with Gasteiger partial charge in [0.15, 0.2) is 0 Å². The number of fused-ring (bicyclic) bond motifs is 1. The van der Waals surface area contributed by atoms with Crippen molar-refractivity contribution in [1.82, 2.24) is 15.2 Å². The lowest BCUT2D eigenvalue weighted by molar-refractivity contribution is 0.0597. The minimum absolute atomic E-state index is 0.216. The third kappa shape index (κ3) is 3.20. The van der Waals surface area contributed by atoms with Crippen molar-refractivity contribution >= 4 is 28.6 Å². The van der Waals surface area contributed by atoms with Gasteiger partial charge in [-0.25, -0.2) is 9.78 Å². The van der Waals surface area contributed by atoms with Crippen molar-refractivity contribution in [2.75, 3.05) is 7.11 Å². The largest absolute Gasteiger partial charge is 0.465 e. The van der Waals surface area contributed by atoms with E-state index in [2.05, 4.69) is 15.2 Å². The van der Waals surface area contributed by atoms with Crippen molar-refractivity contribution in [3.63, 3.8) is 0 Å². The Morgan fingerprint density at radius 1 is 1.04 bits per heavy atom. The summed E-state index contributed by atoms with van der Waals surface area (Å²) in [7, 11) is 1.37. The highest BCUT2D eigenvalue weighted by atomic mass is 32.2. The van der Waals surface area contributed by atoms with Gasteiger partial charge in [-0.15, -0.1) is 0 Å². The molecule has 0 radical (unpaired) electrons. The van der Waals surface area contributed by atoms with Crippen LogP contribution in [0.4, 0.5) is 0 Å². The number of hydrogen-bond acceptors (Lipinski definition) is 5. The molecule has 2 heterocycles. The van der Waals surface area contributed by atoms with Crippen LogP contribution >= 0.6 is 11.8 Å². The first kappa shape index (κ1) is 18.1. The number of H-pyrrole nitrogens is 2. The highest BCUT2D eigenvalue weighted by Gasteiger charge is 2.17. The number of para-hydroxylation sites is 1. The predicted octanol–water partition coefficient (Wildman–Crippen LogP) is 4.16. The second kappa shape index (κ2) is 7.36. The fourth-order valence-electron chi connectivity index (χ4n) is 3.06. The molecule has 0 bridgehead atoms. The lowest BCUT2D eigenvalue weighted by Gasteiger charge is -2.11. The molecular formula is C21H17N3O3S. The Morgan fingerprint density at radius 2 is 1.79 bits per heavy atom. The summed E-state index contributed by atoms with van der Waals surface area (Å²) < 4.78 is 4.90. The van der Waals surface area contributed by atoms with E-state index in [1.54, 1.807) is 12.1 Å². The Balaban J connectivity index is 1.90. The van der Waals surface area contributed by atoms with Crippen LogP contribution in [0.5, 0.6) is 0 Å². The van der Waals surface area contributed by atoms with Crippen molar-refractivity contribution in [1.29, 1.82) is 0 Å². The van der Waals surface area contributed by atoms with E-state index < -0.39 is 0 Å². The van der Waals surface area contributed by atoms with E-state index in [0.717, 1.165) is 26.4 Å². The smallest absolute Gasteiger partial charge is 0.339 e. The average molecular weight is 391 g/mol. The number of esters is 1. The van der Waals surface area contributed by atoms with Gasteiger partial charge in [0.25, 0.3) is 5.56 Å².